The number of hydrogen-bond donors (Lipinski definition) is 1. The van der Waals surface area contributed by atoms with Gasteiger partial charge in [-0.25, -0.2) is 4.79 Å². The third-order valence-electron chi connectivity index (χ3n) is 3.36. The van der Waals surface area contributed by atoms with Crippen molar-refractivity contribution in [2.75, 3.05) is 0 Å². The minimum Gasteiger partial charge on any atom is -0.478 e. The normalized spacial score (nSPS) is 11.3. The number of carbonyl (C=O) groups is 1. The zero-order valence-corrected chi connectivity index (χ0v) is 12.7. The highest BCUT2D eigenvalue weighted by atomic mass is 32.1. The fraction of sp³-hybridized carbons (Fsp3) is 0.333. The van der Waals surface area contributed by atoms with E-state index in [1.165, 1.54) is 17.3 Å². The highest BCUT2D eigenvalue weighted by molar-refractivity contribution is 7.10. The molecule has 0 amide bonds. The largest absolute Gasteiger partial charge is 0.478 e. The lowest BCUT2D eigenvalue weighted by atomic mass is 10.1. The van der Waals surface area contributed by atoms with E-state index in [4.69, 9.17) is 5.11 Å². The molecule has 20 heavy (non-hydrogen) atoms. The van der Waals surface area contributed by atoms with Crippen LogP contribution in [0.4, 0.5) is 0 Å². The predicted molar refractivity (Wildman–Crippen MR) is 81.2 cm³/mol. The van der Waals surface area contributed by atoms with Crippen LogP contribution in [0.25, 0.3) is 6.08 Å². The number of aryl methyl sites for hydroxylation is 1. The van der Waals surface area contributed by atoms with Gasteiger partial charge in [0.25, 0.3) is 0 Å². The molecule has 0 aliphatic heterocycles. The van der Waals surface area contributed by atoms with E-state index in [1.54, 1.807) is 17.4 Å². The van der Waals surface area contributed by atoms with E-state index in [0.717, 1.165) is 22.6 Å². The van der Waals surface area contributed by atoms with Crippen LogP contribution in [0.15, 0.2) is 17.5 Å². The average Bonchev–Trinajstić information content (AvgIpc) is 2.93. The van der Waals surface area contributed by atoms with Gasteiger partial charge >= 0.3 is 5.97 Å². The Bertz CT molecular complexity index is 653. The highest BCUT2D eigenvalue weighted by Crippen LogP contribution is 2.22. The first-order chi connectivity index (χ1) is 9.52. The summed E-state index contributed by atoms with van der Waals surface area (Å²) in [6.07, 6.45) is 3.79. The summed E-state index contributed by atoms with van der Waals surface area (Å²) in [6, 6.07) is 1.94. The van der Waals surface area contributed by atoms with Crippen LogP contribution in [-0.4, -0.2) is 20.9 Å². The van der Waals surface area contributed by atoms with Gasteiger partial charge in [-0.05, 0) is 48.9 Å². The number of carboxylic acids is 1. The lowest BCUT2D eigenvalue weighted by Crippen LogP contribution is -2.04. The molecule has 2 aromatic heterocycles. The van der Waals surface area contributed by atoms with Crippen molar-refractivity contribution in [2.45, 2.75) is 33.7 Å². The molecule has 0 spiro atoms. The van der Waals surface area contributed by atoms with Gasteiger partial charge in [0.2, 0.25) is 0 Å². The minimum atomic E-state index is -0.929. The maximum absolute atomic E-state index is 10.6. The van der Waals surface area contributed by atoms with Crippen LogP contribution < -0.4 is 0 Å². The highest BCUT2D eigenvalue weighted by Gasteiger charge is 2.11. The summed E-state index contributed by atoms with van der Waals surface area (Å²) in [5.41, 5.74) is 4.50. The maximum atomic E-state index is 10.6. The number of thiophene rings is 1. The molecule has 0 aliphatic rings. The molecule has 0 bridgehead atoms. The SMILES string of the molecule is CCc1c(C)nn(Cc2sccc2C=CC(=O)O)c1C. The Labute approximate surface area is 122 Å². The molecule has 106 valence electrons. The van der Waals surface area contributed by atoms with Crippen molar-refractivity contribution in [3.05, 3.63) is 44.9 Å². The number of rotatable bonds is 5. The maximum Gasteiger partial charge on any atom is 0.328 e. The molecule has 4 nitrogen and oxygen atoms in total. The average molecular weight is 290 g/mol. The number of carboxylic acid groups (broad SMARTS) is 1. The summed E-state index contributed by atoms with van der Waals surface area (Å²) in [7, 11) is 0. The molecule has 0 aromatic carbocycles. The van der Waals surface area contributed by atoms with Crippen LogP contribution in [0.5, 0.6) is 0 Å². The van der Waals surface area contributed by atoms with Gasteiger partial charge in [0.1, 0.15) is 0 Å². The molecule has 0 radical (unpaired) electrons. The van der Waals surface area contributed by atoms with Gasteiger partial charge in [-0.2, -0.15) is 5.10 Å². The van der Waals surface area contributed by atoms with Crippen LogP contribution in [0, 0.1) is 13.8 Å². The van der Waals surface area contributed by atoms with Gasteiger partial charge in [0.15, 0.2) is 0 Å². The van der Waals surface area contributed by atoms with E-state index in [-0.39, 0.29) is 0 Å². The molecule has 0 saturated heterocycles. The first-order valence-electron chi connectivity index (χ1n) is 6.53. The second kappa shape index (κ2) is 6.05. The summed E-state index contributed by atoms with van der Waals surface area (Å²) in [6.45, 7) is 6.93. The molecule has 0 aliphatic carbocycles. The molecule has 5 heteroatoms. The van der Waals surface area contributed by atoms with Crippen molar-refractivity contribution < 1.29 is 9.90 Å². The van der Waals surface area contributed by atoms with Crippen molar-refractivity contribution in [1.29, 1.82) is 0 Å². The van der Waals surface area contributed by atoms with Gasteiger partial charge in [0.05, 0.1) is 12.2 Å². The van der Waals surface area contributed by atoms with Crippen LogP contribution in [0.1, 0.15) is 34.3 Å². The van der Waals surface area contributed by atoms with Crippen LogP contribution >= 0.6 is 11.3 Å². The van der Waals surface area contributed by atoms with E-state index in [2.05, 4.69) is 18.9 Å². The van der Waals surface area contributed by atoms with E-state index in [1.807, 2.05) is 23.1 Å². The monoisotopic (exact) mass is 290 g/mol. The van der Waals surface area contributed by atoms with Crippen molar-refractivity contribution in [3.8, 4) is 0 Å². The summed E-state index contributed by atoms with van der Waals surface area (Å²) in [5, 5.41) is 15.3. The Hall–Kier alpha value is -1.88. The van der Waals surface area contributed by atoms with Crippen LogP contribution in [0.3, 0.4) is 0 Å². The lowest BCUT2D eigenvalue weighted by molar-refractivity contribution is -0.131. The van der Waals surface area contributed by atoms with Gasteiger partial charge in [-0.1, -0.05) is 6.92 Å². The Balaban J connectivity index is 2.27. The molecule has 0 atom stereocenters. The molecule has 0 unspecified atom stereocenters. The zero-order chi connectivity index (χ0) is 14.7. The van der Waals surface area contributed by atoms with Gasteiger partial charge in [-0.3, -0.25) is 4.68 Å². The topological polar surface area (TPSA) is 55.1 Å². The summed E-state index contributed by atoms with van der Waals surface area (Å²) in [5.74, 6) is -0.929. The van der Waals surface area contributed by atoms with Crippen molar-refractivity contribution in [3.63, 3.8) is 0 Å². The standard InChI is InChI=1S/C15H18N2O2S/c1-4-13-10(2)16-17(11(13)3)9-14-12(7-8-20-14)5-6-15(18)19/h5-8H,4,9H2,1-3H3,(H,18,19). The van der Waals surface area contributed by atoms with E-state index in [0.29, 0.717) is 6.54 Å². The Morgan fingerprint density at radius 1 is 1.50 bits per heavy atom. The molecule has 0 fully saturated rings. The van der Waals surface area contributed by atoms with E-state index in [9.17, 15) is 4.79 Å². The van der Waals surface area contributed by atoms with Gasteiger partial charge in [0, 0.05) is 16.6 Å². The number of aliphatic carboxylic acids is 1. The predicted octanol–water partition coefficient (Wildman–Crippen LogP) is 3.27. The molecular formula is C15H18N2O2S. The van der Waals surface area contributed by atoms with Crippen molar-refractivity contribution in [2.24, 2.45) is 0 Å². The van der Waals surface area contributed by atoms with Gasteiger partial charge in [-0.15, -0.1) is 11.3 Å². The number of aromatic nitrogens is 2. The smallest absolute Gasteiger partial charge is 0.328 e. The quantitative estimate of drug-likeness (QED) is 0.860. The molecule has 2 rings (SSSR count). The molecule has 2 heterocycles. The first kappa shape index (κ1) is 14.5. The Kier molecular flexibility index (Phi) is 4.39. The van der Waals surface area contributed by atoms with Crippen molar-refractivity contribution >= 4 is 23.4 Å². The summed E-state index contributed by atoms with van der Waals surface area (Å²) < 4.78 is 2.00. The second-order valence-corrected chi connectivity index (χ2v) is 5.63. The molecular weight excluding hydrogens is 272 g/mol. The van der Waals surface area contributed by atoms with E-state index < -0.39 is 5.97 Å². The first-order valence-corrected chi connectivity index (χ1v) is 7.41. The molecule has 1 N–H and O–H groups in total. The minimum absolute atomic E-state index is 0.684. The molecule has 2 aromatic rings. The Morgan fingerprint density at radius 2 is 2.25 bits per heavy atom. The summed E-state index contributed by atoms with van der Waals surface area (Å²) >= 11 is 1.62. The van der Waals surface area contributed by atoms with Crippen LogP contribution in [-0.2, 0) is 17.8 Å². The summed E-state index contributed by atoms with van der Waals surface area (Å²) in [4.78, 5) is 11.7. The number of hydrogen-bond acceptors (Lipinski definition) is 3. The van der Waals surface area contributed by atoms with Crippen LogP contribution in [0.2, 0.25) is 0 Å². The zero-order valence-electron chi connectivity index (χ0n) is 11.9. The fourth-order valence-corrected chi connectivity index (χ4v) is 3.17. The third kappa shape index (κ3) is 2.99. The fourth-order valence-electron chi connectivity index (χ4n) is 2.32. The number of nitrogens with zero attached hydrogens (tertiary/aromatic N) is 2. The molecule has 0 saturated carbocycles. The van der Waals surface area contributed by atoms with Gasteiger partial charge < -0.3 is 5.11 Å². The van der Waals surface area contributed by atoms with Crippen molar-refractivity contribution in [1.82, 2.24) is 9.78 Å². The van der Waals surface area contributed by atoms with E-state index >= 15 is 0 Å². The second-order valence-electron chi connectivity index (χ2n) is 4.63. The lowest BCUT2D eigenvalue weighted by Gasteiger charge is -2.04. The third-order valence-corrected chi connectivity index (χ3v) is 4.29. The Morgan fingerprint density at radius 3 is 2.85 bits per heavy atom.